The molecule has 0 unspecified atom stereocenters. The number of benzene rings is 2. The first-order valence-corrected chi connectivity index (χ1v) is 10.4. The van der Waals surface area contributed by atoms with E-state index >= 15 is 0 Å². The first-order valence-electron chi connectivity index (χ1n) is 10.4. The third kappa shape index (κ3) is 5.38. The smallest absolute Gasteiger partial charge is 0.227 e. The summed E-state index contributed by atoms with van der Waals surface area (Å²) in [6, 6.07) is 20.1. The number of piperazine rings is 1. The topological polar surface area (TPSA) is 45.9 Å². The van der Waals surface area contributed by atoms with Crippen LogP contribution in [0.15, 0.2) is 76.1 Å². The van der Waals surface area contributed by atoms with Gasteiger partial charge in [0.1, 0.15) is 18.6 Å². The Bertz CT molecular complexity index is 1010. The number of hydrogen-bond acceptors (Lipinski definition) is 5. The lowest BCUT2D eigenvalue weighted by atomic mass is 10.1. The van der Waals surface area contributed by atoms with Gasteiger partial charge in [0.15, 0.2) is 0 Å². The van der Waals surface area contributed by atoms with Crippen LogP contribution in [0.3, 0.4) is 0 Å². The minimum atomic E-state index is -0.132. The second-order valence-electron chi connectivity index (χ2n) is 7.83. The third-order valence-corrected chi connectivity index (χ3v) is 5.59. The van der Waals surface area contributed by atoms with Gasteiger partial charge in [-0.1, -0.05) is 54.6 Å². The van der Waals surface area contributed by atoms with Gasteiger partial charge in [-0.25, -0.2) is 0 Å². The van der Waals surface area contributed by atoms with Crippen LogP contribution in [0, 0.1) is 6.92 Å². The molecule has 2 heterocycles. The molecule has 2 aromatic carbocycles. The summed E-state index contributed by atoms with van der Waals surface area (Å²) in [6.07, 6.45) is 1.45. The first kappa shape index (κ1) is 20.4. The summed E-state index contributed by atoms with van der Waals surface area (Å²) in [5, 5.41) is 0. The van der Waals surface area contributed by atoms with Crippen molar-refractivity contribution >= 4 is 0 Å². The quantitative estimate of drug-likeness (QED) is 0.599. The van der Waals surface area contributed by atoms with Crippen molar-refractivity contribution in [2.75, 3.05) is 26.2 Å². The molecule has 4 rings (SSSR count). The van der Waals surface area contributed by atoms with E-state index in [1.807, 2.05) is 37.3 Å². The van der Waals surface area contributed by atoms with Crippen LogP contribution in [-0.4, -0.2) is 36.0 Å². The Labute approximate surface area is 177 Å². The zero-order chi connectivity index (χ0) is 20.8. The number of rotatable bonds is 7. The van der Waals surface area contributed by atoms with Crippen LogP contribution in [0.4, 0.5) is 0 Å². The molecule has 1 aliphatic rings. The summed E-state index contributed by atoms with van der Waals surface area (Å²) in [7, 11) is 0. The van der Waals surface area contributed by atoms with E-state index in [1.54, 1.807) is 6.07 Å². The lowest BCUT2D eigenvalue weighted by molar-refractivity contribution is 0.115. The molecule has 0 amide bonds. The zero-order valence-corrected chi connectivity index (χ0v) is 17.4. The number of aryl methyl sites for hydroxylation is 1. The van der Waals surface area contributed by atoms with E-state index in [-0.39, 0.29) is 11.2 Å². The minimum absolute atomic E-state index is 0.132. The Hall–Kier alpha value is -2.89. The summed E-state index contributed by atoms with van der Waals surface area (Å²) in [5.74, 6) is 0.939. The van der Waals surface area contributed by atoms with Crippen LogP contribution in [0.5, 0.6) is 5.75 Å². The molecule has 0 atom stereocenters. The summed E-state index contributed by atoms with van der Waals surface area (Å²) < 4.78 is 11.4. The van der Waals surface area contributed by atoms with E-state index in [1.165, 1.54) is 11.8 Å². The highest BCUT2D eigenvalue weighted by Gasteiger charge is 2.18. The van der Waals surface area contributed by atoms with Crippen molar-refractivity contribution in [2.45, 2.75) is 26.6 Å². The maximum absolute atomic E-state index is 12.4. The van der Waals surface area contributed by atoms with Crippen molar-refractivity contribution in [3.8, 4) is 5.75 Å². The number of hydrogen-bond donors (Lipinski definition) is 0. The maximum Gasteiger partial charge on any atom is 0.227 e. The lowest BCUT2D eigenvalue weighted by Gasteiger charge is -2.34. The zero-order valence-electron chi connectivity index (χ0n) is 17.4. The summed E-state index contributed by atoms with van der Waals surface area (Å²) in [4.78, 5) is 17.2. The van der Waals surface area contributed by atoms with Gasteiger partial charge >= 0.3 is 0 Å². The molecule has 0 bridgehead atoms. The molecular weight excluding hydrogens is 376 g/mol. The molecule has 0 saturated carbocycles. The summed E-state index contributed by atoms with van der Waals surface area (Å²) >= 11 is 0. The predicted octanol–water partition coefficient (Wildman–Crippen LogP) is 3.85. The molecule has 0 radical (unpaired) electrons. The summed E-state index contributed by atoms with van der Waals surface area (Å²) in [6.45, 7) is 7.96. The van der Waals surface area contributed by atoms with E-state index in [2.05, 4.69) is 34.1 Å². The van der Waals surface area contributed by atoms with E-state index in [0.29, 0.717) is 18.9 Å². The highest BCUT2D eigenvalue weighted by Crippen LogP contribution is 2.14. The van der Waals surface area contributed by atoms with Crippen molar-refractivity contribution in [3.63, 3.8) is 0 Å². The molecule has 1 fully saturated rings. The second-order valence-corrected chi connectivity index (χ2v) is 7.83. The van der Waals surface area contributed by atoms with Gasteiger partial charge in [-0.2, -0.15) is 0 Å². The van der Waals surface area contributed by atoms with Gasteiger partial charge in [-0.3, -0.25) is 14.6 Å². The normalized spacial score (nSPS) is 15.2. The van der Waals surface area contributed by atoms with Gasteiger partial charge < -0.3 is 9.15 Å². The molecule has 5 nitrogen and oxygen atoms in total. The van der Waals surface area contributed by atoms with Gasteiger partial charge in [-0.05, 0) is 23.6 Å². The Morgan fingerprint density at radius 1 is 0.900 bits per heavy atom. The molecule has 0 spiro atoms. The molecule has 1 saturated heterocycles. The van der Waals surface area contributed by atoms with Crippen LogP contribution in [0.1, 0.15) is 22.5 Å². The molecular formula is C25H28N2O3. The van der Waals surface area contributed by atoms with E-state index in [0.717, 1.165) is 43.9 Å². The van der Waals surface area contributed by atoms with E-state index in [9.17, 15) is 4.79 Å². The SMILES string of the molecule is Cc1ccccc1COc1coc(CN2CCN(Cc3ccccc3)CC2)cc1=O. The molecule has 0 aliphatic carbocycles. The van der Waals surface area contributed by atoms with E-state index in [4.69, 9.17) is 9.15 Å². The average Bonchev–Trinajstić information content (AvgIpc) is 2.76. The van der Waals surface area contributed by atoms with Crippen LogP contribution >= 0.6 is 0 Å². The third-order valence-electron chi connectivity index (χ3n) is 5.59. The largest absolute Gasteiger partial charge is 0.482 e. The number of nitrogens with zero attached hydrogens (tertiary/aromatic N) is 2. The molecule has 1 aromatic heterocycles. The van der Waals surface area contributed by atoms with Gasteiger partial charge in [0.2, 0.25) is 11.2 Å². The van der Waals surface area contributed by atoms with Crippen LogP contribution in [0.25, 0.3) is 0 Å². The molecule has 3 aromatic rings. The van der Waals surface area contributed by atoms with Crippen molar-refractivity contribution in [3.05, 3.63) is 99.6 Å². The fourth-order valence-corrected chi connectivity index (χ4v) is 3.72. The fourth-order valence-electron chi connectivity index (χ4n) is 3.72. The van der Waals surface area contributed by atoms with Gasteiger partial charge in [0.25, 0.3) is 0 Å². The minimum Gasteiger partial charge on any atom is -0.482 e. The van der Waals surface area contributed by atoms with Gasteiger partial charge in [0.05, 0.1) is 6.54 Å². The molecule has 30 heavy (non-hydrogen) atoms. The lowest BCUT2D eigenvalue weighted by Crippen LogP contribution is -2.45. The van der Waals surface area contributed by atoms with Gasteiger partial charge in [0, 0.05) is 38.8 Å². The standard InChI is InChI=1S/C25H28N2O3/c1-20-7-5-6-10-22(20)18-30-25-19-29-23(15-24(25)28)17-27-13-11-26(12-14-27)16-21-8-3-2-4-9-21/h2-10,15,19H,11-14,16-18H2,1H3. The first-order chi connectivity index (χ1) is 14.7. The highest BCUT2D eigenvalue weighted by molar-refractivity contribution is 5.26. The molecule has 0 N–H and O–H groups in total. The van der Waals surface area contributed by atoms with E-state index < -0.39 is 0 Å². The predicted molar refractivity (Wildman–Crippen MR) is 117 cm³/mol. The molecule has 5 heteroatoms. The second kappa shape index (κ2) is 9.74. The van der Waals surface area contributed by atoms with Gasteiger partial charge in [-0.15, -0.1) is 0 Å². The van der Waals surface area contributed by atoms with Crippen LogP contribution in [-0.2, 0) is 19.7 Å². The van der Waals surface area contributed by atoms with Crippen molar-refractivity contribution < 1.29 is 9.15 Å². The molecule has 1 aliphatic heterocycles. The average molecular weight is 405 g/mol. The van der Waals surface area contributed by atoms with Crippen molar-refractivity contribution in [1.82, 2.24) is 9.80 Å². The Balaban J connectivity index is 1.28. The Morgan fingerprint density at radius 3 is 2.27 bits per heavy atom. The molecule has 156 valence electrons. The van der Waals surface area contributed by atoms with Crippen molar-refractivity contribution in [1.29, 1.82) is 0 Å². The van der Waals surface area contributed by atoms with Crippen LogP contribution < -0.4 is 10.2 Å². The van der Waals surface area contributed by atoms with Crippen LogP contribution in [0.2, 0.25) is 0 Å². The Kier molecular flexibility index (Phi) is 6.62. The summed E-state index contributed by atoms with van der Waals surface area (Å²) in [5.41, 5.74) is 3.42. The maximum atomic E-state index is 12.4. The highest BCUT2D eigenvalue weighted by atomic mass is 16.5. The number of ether oxygens (including phenoxy) is 1. The Morgan fingerprint density at radius 2 is 1.57 bits per heavy atom. The fraction of sp³-hybridized carbons (Fsp3) is 0.320. The van der Waals surface area contributed by atoms with Crippen molar-refractivity contribution in [2.24, 2.45) is 0 Å². The monoisotopic (exact) mass is 404 g/mol.